The van der Waals surface area contributed by atoms with Gasteiger partial charge in [-0.2, -0.15) is 4.72 Å². The van der Waals surface area contributed by atoms with Gasteiger partial charge >= 0.3 is 0 Å². The van der Waals surface area contributed by atoms with Crippen molar-refractivity contribution in [3.8, 4) is 5.75 Å². The van der Waals surface area contributed by atoms with Crippen molar-refractivity contribution < 1.29 is 23.0 Å². The Kier molecular flexibility index (Phi) is 11.4. The van der Waals surface area contributed by atoms with Gasteiger partial charge in [-0.25, -0.2) is 8.42 Å². The van der Waals surface area contributed by atoms with Crippen LogP contribution in [0, 0.1) is 25.2 Å². The zero-order valence-corrected chi connectivity index (χ0v) is 30.2. The lowest BCUT2D eigenvalue weighted by atomic mass is 9.85. The zero-order chi connectivity index (χ0) is 34.0. The van der Waals surface area contributed by atoms with E-state index in [9.17, 15) is 13.5 Å². The summed E-state index contributed by atoms with van der Waals surface area (Å²) in [5, 5.41) is 16.6. The maximum Gasteiger partial charge on any atom is 0.216 e. The second-order valence-corrected chi connectivity index (χ2v) is 17.9. The lowest BCUT2D eigenvalue weighted by molar-refractivity contribution is -0.0517. The Morgan fingerprint density at radius 2 is 1.79 bits per heavy atom. The molecule has 5 rings (SSSR count). The fraction of sp³-hybridized carbons (Fsp3) is 0.694. The number of nitrogens with zero attached hydrogens (tertiary/aromatic N) is 2. The van der Waals surface area contributed by atoms with Crippen LogP contribution in [-0.4, -0.2) is 72.6 Å². The quantitative estimate of drug-likeness (QED) is 0.326. The number of aryl methyl sites for hydroxylation is 2. The molecule has 0 radical (unpaired) electrons. The predicted octanol–water partition coefficient (Wildman–Crippen LogP) is 4.90. The molecule has 0 spiro atoms. The Morgan fingerprint density at radius 1 is 1.04 bits per heavy atom. The number of aromatic nitrogens is 1. The SMILES string of the molecule is Cc1cccc(C)c1C1CC2NC(N1)NS(=O)(=O)C1CCCC(C1)CN(Cc1ccc(OCC(C)(C)O)cn1)[C@H](CC(C)(C)C)CO2. The van der Waals surface area contributed by atoms with Crippen LogP contribution in [0.5, 0.6) is 5.75 Å². The molecule has 1 saturated carbocycles. The van der Waals surface area contributed by atoms with Crippen molar-refractivity contribution in [3.63, 3.8) is 0 Å². The third kappa shape index (κ3) is 10.2. The molecule has 47 heavy (non-hydrogen) atoms. The molecule has 4 bridgehead atoms. The molecule has 10 nitrogen and oxygen atoms in total. The van der Waals surface area contributed by atoms with E-state index in [0.717, 1.165) is 31.5 Å². The van der Waals surface area contributed by atoms with Crippen LogP contribution in [0.1, 0.15) is 102 Å². The van der Waals surface area contributed by atoms with Gasteiger partial charge in [0.05, 0.1) is 29.3 Å². The number of aliphatic hydroxyl groups is 1. The summed E-state index contributed by atoms with van der Waals surface area (Å²) in [6.07, 6.45) is 5.51. The third-order valence-corrected chi connectivity index (χ3v) is 11.5. The summed E-state index contributed by atoms with van der Waals surface area (Å²) in [4.78, 5) is 7.23. The van der Waals surface area contributed by atoms with Crippen LogP contribution in [0.3, 0.4) is 0 Å². The second kappa shape index (κ2) is 14.8. The minimum Gasteiger partial charge on any atom is -0.489 e. The molecule has 2 saturated heterocycles. The number of pyridine rings is 1. The van der Waals surface area contributed by atoms with E-state index in [1.165, 1.54) is 16.7 Å². The van der Waals surface area contributed by atoms with Gasteiger partial charge in [-0.15, -0.1) is 0 Å². The van der Waals surface area contributed by atoms with Gasteiger partial charge in [-0.3, -0.25) is 20.5 Å². The fourth-order valence-corrected chi connectivity index (χ4v) is 9.12. The number of fused-ring (bicyclic) bond motifs is 4. The van der Waals surface area contributed by atoms with E-state index in [0.29, 0.717) is 38.2 Å². The standard InChI is InChI=1S/C36H57N5O5S/c1-24-10-8-11-25(2)33(24)31-17-32-39-34(38-31)40-47(43,44)30-13-9-12-26(16-30)20-41(28(22-45-32)18-35(3,4)5)21-27-14-15-29(19-37-27)46-23-36(6,7)42/h8,10-11,14-15,19,26,28,30-32,34,38-40,42H,9,12-13,16-18,20-23H2,1-7H3/t26?,28-,30?,31?,32?,34?/m1/s1. The largest absolute Gasteiger partial charge is 0.489 e. The topological polar surface area (TPSA) is 125 Å². The lowest BCUT2D eigenvalue weighted by Crippen LogP contribution is -2.64. The molecule has 4 N–H and O–H groups in total. The number of benzene rings is 1. The predicted molar refractivity (Wildman–Crippen MR) is 185 cm³/mol. The Bertz CT molecular complexity index is 1420. The van der Waals surface area contributed by atoms with E-state index in [-0.39, 0.29) is 36.3 Å². The molecule has 1 aromatic carbocycles. The molecular formula is C36H57N5O5S. The molecule has 6 atom stereocenters. The molecule has 1 aliphatic carbocycles. The molecule has 5 unspecified atom stereocenters. The molecule has 0 amide bonds. The second-order valence-electron chi connectivity index (χ2n) is 15.9. The van der Waals surface area contributed by atoms with E-state index in [1.54, 1.807) is 20.0 Å². The highest BCUT2D eigenvalue weighted by molar-refractivity contribution is 7.90. The maximum absolute atomic E-state index is 13.9. The summed E-state index contributed by atoms with van der Waals surface area (Å²) < 4.78 is 43.3. The van der Waals surface area contributed by atoms with Crippen LogP contribution in [0.15, 0.2) is 36.5 Å². The summed E-state index contributed by atoms with van der Waals surface area (Å²) >= 11 is 0. The fourth-order valence-electron chi connectivity index (χ4n) is 7.46. The Hall–Kier alpha value is -2.12. The molecule has 2 aromatic rings. The van der Waals surface area contributed by atoms with Crippen molar-refractivity contribution >= 4 is 10.0 Å². The highest BCUT2D eigenvalue weighted by Gasteiger charge is 2.39. The van der Waals surface area contributed by atoms with E-state index >= 15 is 0 Å². The first-order valence-corrected chi connectivity index (χ1v) is 18.8. The van der Waals surface area contributed by atoms with Crippen LogP contribution in [0.4, 0.5) is 0 Å². The van der Waals surface area contributed by atoms with Crippen molar-refractivity contribution in [2.45, 2.75) is 129 Å². The van der Waals surface area contributed by atoms with Crippen molar-refractivity contribution in [1.29, 1.82) is 0 Å². The summed E-state index contributed by atoms with van der Waals surface area (Å²) in [6.45, 7) is 16.5. The van der Waals surface area contributed by atoms with E-state index in [4.69, 9.17) is 14.5 Å². The van der Waals surface area contributed by atoms with Gasteiger partial charge in [-0.05, 0) is 93.5 Å². The van der Waals surface area contributed by atoms with Crippen LogP contribution in [0.25, 0.3) is 0 Å². The summed E-state index contributed by atoms with van der Waals surface area (Å²) in [6, 6.07) is 10.2. The number of rotatable bonds is 7. The first-order chi connectivity index (χ1) is 22.0. The average molecular weight is 672 g/mol. The van der Waals surface area contributed by atoms with Gasteiger partial charge in [0.1, 0.15) is 24.9 Å². The number of nitrogens with one attached hydrogen (secondary N) is 3. The maximum atomic E-state index is 13.9. The highest BCUT2D eigenvalue weighted by atomic mass is 32.2. The van der Waals surface area contributed by atoms with Crippen molar-refractivity contribution in [2.75, 3.05) is 19.8 Å². The lowest BCUT2D eigenvalue weighted by Gasteiger charge is -2.41. The molecule has 11 heteroatoms. The molecule has 2 aliphatic heterocycles. The van der Waals surface area contributed by atoms with Crippen molar-refractivity contribution in [1.82, 2.24) is 25.2 Å². The van der Waals surface area contributed by atoms with Gasteiger partial charge in [0.15, 0.2) is 0 Å². The van der Waals surface area contributed by atoms with Crippen LogP contribution < -0.4 is 20.1 Å². The smallest absolute Gasteiger partial charge is 0.216 e. The van der Waals surface area contributed by atoms with Gasteiger partial charge in [0, 0.05) is 31.6 Å². The Balaban J connectivity index is 1.45. The highest BCUT2D eigenvalue weighted by Crippen LogP contribution is 2.34. The average Bonchev–Trinajstić information content (AvgIpc) is 2.97. The first kappa shape index (κ1) is 36.2. The molecule has 3 heterocycles. The zero-order valence-electron chi connectivity index (χ0n) is 29.4. The Morgan fingerprint density at radius 3 is 2.45 bits per heavy atom. The number of hydrogen-bond acceptors (Lipinski definition) is 9. The number of ether oxygens (including phenoxy) is 2. The number of hydrogen-bond donors (Lipinski definition) is 4. The molecular weight excluding hydrogens is 614 g/mol. The molecule has 1 aromatic heterocycles. The Labute approximate surface area is 282 Å². The first-order valence-electron chi connectivity index (χ1n) is 17.3. The van der Waals surface area contributed by atoms with E-state index < -0.39 is 27.2 Å². The third-order valence-electron chi connectivity index (χ3n) is 9.62. The van der Waals surface area contributed by atoms with Crippen LogP contribution in [-0.2, 0) is 21.3 Å². The van der Waals surface area contributed by atoms with Gasteiger partial charge < -0.3 is 14.6 Å². The van der Waals surface area contributed by atoms with Gasteiger partial charge in [0.25, 0.3) is 0 Å². The summed E-state index contributed by atoms with van der Waals surface area (Å²) in [7, 11) is -3.60. The van der Waals surface area contributed by atoms with Crippen molar-refractivity contribution in [2.24, 2.45) is 11.3 Å². The van der Waals surface area contributed by atoms with Gasteiger partial charge in [0.2, 0.25) is 10.0 Å². The summed E-state index contributed by atoms with van der Waals surface area (Å²) in [5.74, 6) is 0.860. The molecule has 262 valence electrons. The normalized spacial score (nSPS) is 29.3. The van der Waals surface area contributed by atoms with Gasteiger partial charge in [-0.1, -0.05) is 45.4 Å². The number of sulfonamides is 1. The minimum atomic E-state index is -3.60. The van der Waals surface area contributed by atoms with Crippen LogP contribution >= 0.6 is 0 Å². The van der Waals surface area contributed by atoms with Crippen molar-refractivity contribution in [3.05, 3.63) is 58.9 Å². The van der Waals surface area contributed by atoms with E-state index in [1.807, 2.05) is 12.1 Å². The molecule has 3 aliphatic rings. The summed E-state index contributed by atoms with van der Waals surface area (Å²) in [5.41, 5.74) is 3.59. The molecule has 3 fully saturated rings. The van der Waals surface area contributed by atoms with E-state index in [2.05, 4.69) is 73.1 Å². The minimum absolute atomic E-state index is 0.0489. The van der Waals surface area contributed by atoms with Crippen LogP contribution in [0.2, 0.25) is 0 Å². The monoisotopic (exact) mass is 671 g/mol.